The first-order valence-electron chi connectivity index (χ1n) is 6.16. The lowest BCUT2D eigenvalue weighted by atomic mass is 10.2. The van der Waals surface area contributed by atoms with E-state index in [4.69, 9.17) is 9.47 Å². The van der Waals surface area contributed by atoms with Crippen LogP contribution in [0, 0.1) is 0 Å². The Balaban J connectivity index is 2.62. The Labute approximate surface area is 112 Å². The molecule has 0 saturated heterocycles. The van der Waals surface area contributed by atoms with Gasteiger partial charge in [0.05, 0.1) is 7.11 Å². The quantitative estimate of drug-likeness (QED) is 0.763. The lowest BCUT2D eigenvalue weighted by molar-refractivity contribution is -0.123. The zero-order valence-corrected chi connectivity index (χ0v) is 11.4. The summed E-state index contributed by atoms with van der Waals surface area (Å²) < 4.78 is 10.5. The van der Waals surface area contributed by atoms with E-state index < -0.39 is 0 Å². The van der Waals surface area contributed by atoms with Crippen molar-refractivity contribution in [3.8, 4) is 11.5 Å². The van der Waals surface area contributed by atoms with Crippen molar-refractivity contribution in [1.29, 1.82) is 0 Å². The van der Waals surface area contributed by atoms with E-state index in [-0.39, 0.29) is 18.6 Å². The number of amides is 1. The zero-order valence-electron chi connectivity index (χ0n) is 11.4. The first-order valence-corrected chi connectivity index (χ1v) is 6.16. The summed E-state index contributed by atoms with van der Waals surface area (Å²) in [5, 5.41) is 2.80. The number of benzene rings is 1. The molecule has 1 rings (SSSR count). The largest absolute Gasteiger partial charge is 0.493 e. The van der Waals surface area contributed by atoms with Gasteiger partial charge < -0.3 is 14.8 Å². The second-order valence-corrected chi connectivity index (χ2v) is 4.19. The van der Waals surface area contributed by atoms with Gasteiger partial charge in [0.2, 0.25) is 0 Å². The molecule has 0 aliphatic carbocycles. The molecule has 0 bridgehead atoms. The van der Waals surface area contributed by atoms with Crippen molar-refractivity contribution in [3.63, 3.8) is 0 Å². The third-order valence-corrected chi connectivity index (χ3v) is 2.70. The van der Waals surface area contributed by atoms with Crippen LogP contribution in [-0.2, 0) is 4.79 Å². The highest BCUT2D eigenvalue weighted by Crippen LogP contribution is 2.27. The van der Waals surface area contributed by atoms with E-state index in [0.29, 0.717) is 17.1 Å². The topological polar surface area (TPSA) is 64.6 Å². The molecule has 19 heavy (non-hydrogen) atoms. The predicted octanol–water partition coefficient (Wildman–Crippen LogP) is 1.80. The van der Waals surface area contributed by atoms with Gasteiger partial charge in [-0.2, -0.15) is 0 Å². The average Bonchev–Trinajstić information content (AvgIpc) is 2.44. The van der Waals surface area contributed by atoms with Gasteiger partial charge in [-0.3, -0.25) is 9.59 Å². The summed E-state index contributed by atoms with van der Waals surface area (Å²) in [6.45, 7) is 3.84. The van der Waals surface area contributed by atoms with Gasteiger partial charge >= 0.3 is 0 Å². The summed E-state index contributed by atoms with van der Waals surface area (Å²) in [6, 6.07) is 4.90. The van der Waals surface area contributed by atoms with Crippen molar-refractivity contribution >= 4 is 12.2 Å². The van der Waals surface area contributed by atoms with Crippen LogP contribution in [0.1, 0.15) is 30.6 Å². The minimum atomic E-state index is -0.184. The van der Waals surface area contributed by atoms with Crippen LogP contribution in [-0.4, -0.2) is 32.0 Å². The molecule has 0 aliphatic rings. The number of aldehydes is 1. The number of hydrogen-bond acceptors (Lipinski definition) is 4. The van der Waals surface area contributed by atoms with E-state index in [0.717, 1.165) is 12.7 Å². The van der Waals surface area contributed by atoms with Gasteiger partial charge in [-0.1, -0.05) is 6.92 Å². The summed E-state index contributed by atoms with van der Waals surface area (Å²) in [5.74, 6) is 0.684. The Hall–Kier alpha value is -2.04. The molecule has 0 spiro atoms. The zero-order chi connectivity index (χ0) is 14.3. The van der Waals surface area contributed by atoms with Gasteiger partial charge in [-0.25, -0.2) is 0 Å². The summed E-state index contributed by atoms with van der Waals surface area (Å²) in [4.78, 5) is 22.2. The van der Waals surface area contributed by atoms with Gasteiger partial charge in [-0.15, -0.1) is 0 Å². The van der Waals surface area contributed by atoms with Crippen LogP contribution in [0.25, 0.3) is 0 Å². The molecule has 1 atom stereocenters. The molecule has 5 nitrogen and oxygen atoms in total. The first kappa shape index (κ1) is 15.0. The molecule has 0 radical (unpaired) electrons. The van der Waals surface area contributed by atoms with Gasteiger partial charge in [0.15, 0.2) is 18.1 Å². The van der Waals surface area contributed by atoms with Crippen molar-refractivity contribution in [2.24, 2.45) is 0 Å². The highest BCUT2D eigenvalue weighted by molar-refractivity contribution is 5.78. The maximum absolute atomic E-state index is 11.6. The van der Waals surface area contributed by atoms with Crippen molar-refractivity contribution in [2.75, 3.05) is 13.7 Å². The minimum Gasteiger partial charge on any atom is -0.493 e. The maximum atomic E-state index is 11.6. The minimum absolute atomic E-state index is 0.0822. The first-order chi connectivity index (χ1) is 9.10. The lowest BCUT2D eigenvalue weighted by Gasteiger charge is -2.13. The second kappa shape index (κ2) is 7.41. The number of methoxy groups -OCH3 is 1. The molecule has 0 saturated carbocycles. The van der Waals surface area contributed by atoms with Crippen LogP contribution in [0.4, 0.5) is 0 Å². The van der Waals surface area contributed by atoms with Crippen LogP contribution in [0.5, 0.6) is 11.5 Å². The molecular weight excluding hydrogens is 246 g/mol. The molecule has 0 heterocycles. The van der Waals surface area contributed by atoms with Gasteiger partial charge in [0.25, 0.3) is 5.91 Å². The SMILES string of the molecule is CC[C@@H](C)NC(=O)COc1ccc(C=O)cc1OC. The smallest absolute Gasteiger partial charge is 0.258 e. The van der Waals surface area contributed by atoms with Crippen LogP contribution < -0.4 is 14.8 Å². The molecule has 104 valence electrons. The van der Waals surface area contributed by atoms with E-state index in [1.54, 1.807) is 18.2 Å². The van der Waals surface area contributed by atoms with Crippen LogP contribution in [0.2, 0.25) is 0 Å². The van der Waals surface area contributed by atoms with Crippen molar-refractivity contribution in [2.45, 2.75) is 26.3 Å². The standard InChI is InChI=1S/C14H19NO4/c1-4-10(2)15-14(17)9-19-12-6-5-11(8-16)7-13(12)18-3/h5-8,10H,4,9H2,1-3H3,(H,15,17)/t10-/m1/s1. The fraction of sp³-hybridized carbons (Fsp3) is 0.429. The van der Waals surface area contributed by atoms with Crippen LogP contribution >= 0.6 is 0 Å². The van der Waals surface area contributed by atoms with Crippen molar-refractivity contribution < 1.29 is 19.1 Å². The highest BCUT2D eigenvalue weighted by Gasteiger charge is 2.09. The van der Waals surface area contributed by atoms with Gasteiger partial charge in [0, 0.05) is 11.6 Å². The van der Waals surface area contributed by atoms with E-state index in [2.05, 4.69) is 5.32 Å². The molecule has 1 N–H and O–H groups in total. The normalized spacial score (nSPS) is 11.5. The Morgan fingerprint density at radius 2 is 2.16 bits per heavy atom. The average molecular weight is 265 g/mol. The van der Waals surface area contributed by atoms with Crippen molar-refractivity contribution in [1.82, 2.24) is 5.32 Å². The van der Waals surface area contributed by atoms with E-state index >= 15 is 0 Å². The third kappa shape index (κ3) is 4.62. The summed E-state index contributed by atoms with van der Waals surface area (Å²) in [6.07, 6.45) is 1.59. The monoisotopic (exact) mass is 265 g/mol. The van der Waals surface area contributed by atoms with E-state index in [1.165, 1.54) is 7.11 Å². The van der Waals surface area contributed by atoms with Crippen LogP contribution in [0.15, 0.2) is 18.2 Å². The molecule has 1 amide bonds. The molecule has 5 heteroatoms. The van der Waals surface area contributed by atoms with Crippen molar-refractivity contribution in [3.05, 3.63) is 23.8 Å². The third-order valence-electron chi connectivity index (χ3n) is 2.70. The van der Waals surface area contributed by atoms with Gasteiger partial charge in [-0.05, 0) is 31.5 Å². The lowest BCUT2D eigenvalue weighted by Crippen LogP contribution is -2.35. The van der Waals surface area contributed by atoms with Crippen LogP contribution in [0.3, 0.4) is 0 Å². The van der Waals surface area contributed by atoms with E-state index in [1.807, 2.05) is 13.8 Å². The maximum Gasteiger partial charge on any atom is 0.258 e. The number of carbonyl (C=O) groups excluding carboxylic acids is 2. The van der Waals surface area contributed by atoms with Gasteiger partial charge in [0.1, 0.15) is 6.29 Å². The number of ether oxygens (including phenoxy) is 2. The number of hydrogen-bond donors (Lipinski definition) is 1. The Morgan fingerprint density at radius 3 is 2.74 bits per heavy atom. The number of nitrogens with one attached hydrogen (secondary N) is 1. The number of carbonyl (C=O) groups is 2. The number of rotatable bonds is 7. The summed E-state index contributed by atoms with van der Waals surface area (Å²) >= 11 is 0. The molecule has 0 unspecified atom stereocenters. The highest BCUT2D eigenvalue weighted by atomic mass is 16.5. The molecular formula is C14H19NO4. The predicted molar refractivity (Wildman–Crippen MR) is 71.8 cm³/mol. The summed E-state index contributed by atoms with van der Waals surface area (Å²) in [5.41, 5.74) is 0.494. The Morgan fingerprint density at radius 1 is 1.42 bits per heavy atom. The second-order valence-electron chi connectivity index (χ2n) is 4.19. The molecule has 1 aromatic rings. The Bertz CT molecular complexity index is 445. The molecule has 0 aliphatic heterocycles. The summed E-state index contributed by atoms with van der Waals surface area (Å²) in [7, 11) is 1.48. The molecule has 0 aromatic heterocycles. The Kier molecular flexibility index (Phi) is 5.85. The molecule has 1 aromatic carbocycles. The van der Waals surface area contributed by atoms with E-state index in [9.17, 15) is 9.59 Å². The fourth-order valence-electron chi connectivity index (χ4n) is 1.44. The molecule has 0 fully saturated rings. The fourth-order valence-corrected chi connectivity index (χ4v) is 1.44.